The number of pyridine rings is 4. The molecule has 12 heteroatoms. The van der Waals surface area contributed by atoms with Crippen molar-refractivity contribution in [2.45, 2.75) is 6.61 Å². The van der Waals surface area contributed by atoms with Crippen molar-refractivity contribution >= 4 is 56.6 Å². The van der Waals surface area contributed by atoms with Gasteiger partial charge in [-0.3, -0.25) is 9.59 Å². The maximum Gasteiger partial charge on any atom is 0.196 e. The quantitative estimate of drug-likeness (QED) is 0.0803. The number of ketones is 2. The van der Waals surface area contributed by atoms with Crippen LogP contribution in [-0.2, 0) is 6.61 Å². The van der Waals surface area contributed by atoms with Crippen LogP contribution >= 0.6 is 0 Å². The standard InChI is InChI=1S/C26H20N4O2.C19H14N4O2/c31-25(23-16-29-26-22(23)10-5-13-27-26)19-11-12-24(28-15-19)30-20-8-4-9-21(14-20)32-17-18-6-2-1-3-7-18;24-14-4-1-3-13(9-14)23-17-7-6-12(10-21-17)18(25)16-11-22-19-15(16)5-2-8-20-19/h1-16H,17H2,(H,27,29)(H,28,30);1-11,24H,(H,20,22)(H,21,23). The second kappa shape index (κ2) is 16.5. The van der Waals surface area contributed by atoms with Gasteiger partial charge >= 0.3 is 0 Å². The lowest BCUT2D eigenvalue weighted by molar-refractivity contribution is 0.103. The van der Waals surface area contributed by atoms with Crippen molar-refractivity contribution in [3.8, 4) is 11.5 Å². The first-order valence-corrected chi connectivity index (χ1v) is 17.9. The van der Waals surface area contributed by atoms with Crippen molar-refractivity contribution in [3.63, 3.8) is 0 Å². The van der Waals surface area contributed by atoms with Crippen LogP contribution in [0.2, 0.25) is 0 Å². The molecule has 0 bridgehead atoms. The van der Waals surface area contributed by atoms with Gasteiger partial charge in [0.15, 0.2) is 11.6 Å². The molecule has 0 aliphatic heterocycles. The molecule has 57 heavy (non-hydrogen) atoms. The second-order valence-electron chi connectivity index (χ2n) is 12.8. The SMILES string of the molecule is O=C(c1ccc(Nc2cccc(O)c2)nc1)c1c[nH]c2ncccc12.O=C(c1ccc(Nc2cccc(OCc3ccccc3)c2)nc1)c1c[nH]c2ncccc12. The van der Waals surface area contributed by atoms with Crippen molar-refractivity contribution in [1.82, 2.24) is 29.9 Å². The second-order valence-corrected chi connectivity index (χ2v) is 12.8. The molecule has 0 unspecified atom stereocenters. The Kier molecular flexibility index (Phi) is 10.4. The summed E-state index contributed by atoms with van der Waals surface area (Å²) in [6.45, 7) is 0.503. The molecule has 6 aromatic heterocycles. The van der Waals surface area contributed by atoms with Crippen LogP contribution in [0, 0.1) is 0 Å². The maximum absolute atomic E-state index is 12.9. The van der Waals surface area contributed by atoms with Crippen LogP contribution in [0.3, 0.4) is 0 Å². The van der Waals surface area contributed by atoms with E-state index in [-0.39, 0.29) is 17.3 Å². The van der Waals surface area contributed by atoms with E-state index in [4.69, 9.17) is 4.74 Å². The first-order valence-electron chi connectivity index (χ1n) is 17.9. The zero-order valence-electron chi connectivity index (χ0n) is 30.3. The Morgan fingerprint density at radius 1 is 0.579 bits per heavy atom. The zero-order chi connectivity index (χ0) is 39.0. The van der Waals surface area contributed by atoms with Crippen LogP contribution in [0.15, 0.2) is 165 Å². The highest BCUT2D eigenvalue weighted by Gasteiger charge is 2.16. The average Bonchev–Trinajstić information content (AvgIpc) is 3.89. The third-order valence-electron chi connectivity index (χ3n) is 8.92. The van der Waals surface area contributed by atoms with Crippen molar-refractivity contribution in [2.75, 3.05) is 10.6 Å². The van der Waals surface area contributed by atoms with Crippen molar-refractivity contribution in [2.24, 2.45) is 0 Å². The average molecular weight is 751 g/mol. The minimum absolute atomic E-state index is 0.0976. The van der Waals surface area contributed by atoms with Gasteiger partial charge in [-0.1, -0.05) is 42.5 Å². The fraction of sp³-hybridized carbons (Fsp3) is 0.0222. The topological polar surface area (TPSA) is 171 Å². The number of phenolic OH excluding ortho intramolecular Hbond substituents is 1. The smallest absolute Gasteiger partial charge is 0.196 e. The lowest BCUT2D eigenvalue weighted by Crippen LogP contribution is -2.02. The fourth-order valence-electron chi connectivity index (χ4n) is 6.09. The number of aromatic amines is 2. The predicted molar refractivity (Wildman–Crippen MR) is 219 cm³/mol. The van der Waals surface area contributed by atoms with Crippen LogP contribution in [0.4, 0.5) is 23.0 Å². The summed E-state index contributed by atoms with van der Waals surface area (Å²) in [5.41, 5.74) is 6.21. The number of fused-ring (bicyclic) bond motifs is 2. The van der Waals surface area contributed by atoms with Crippen molar-refractivity contribution in [1.29, 1.82) is 0 Å². The summed E-state index contributed by atoms with van der Waals surface area (Å²) in [5.74, 6) is 1.95. The van der Waals surface area contributed by atoms with Gasteiger partial charge < -0.3 is 30.4 Å². The normalized spacial score (nSPS) is 10.7. The van der Waals surface area contributed by atoms with Gasteiger partial charge in [-0.15, -0.1) is 0 Å². The van der Waals surface area contributed by atoms with Gasteiger partial charge in [0.1, 0.15) is 41.0 Å². The summed E-state index contributed by atoms with van der Waals surface area (Å²) in [4.78, 5) is 48.7. The van der Waals surface area contributed by atoms with E-state index in [1.54, 1.807) is 79.5 Å². The highest BCUT2D eigenvalue weighted by Crippen LogP contribution is 2.25. The van der Waals surface area contributed by atoms with Crippen LogP contribution < -0.4 is 15.4 Å². The van der Waals surface area contributed by atoms with E-state index >= 15 is 0 Å². The minimum atomic E-state index is -0.115. The Hall–Kier alpha value is -8.12. The molecule has 0 saturated carbocycles. The van der Waals surface area contributed by atoms with E-state index in [0.29, 0.717) is 57.5 Å². The molecule has 9 aromatic rings. The Labute approximate surface area is 326 Å². The van der Waals surface area contributed by atoms with E-state index in [1.165, 1.54) is 6.20 Å². The molecule has 0 amide bonds. The largest absolute Gasteiger partial charge is 0.508 e. The number of aromatic nitrogens is 6. The highest BCUT2D eigenvalue weighted by molar-refractivity contribution is 6.16. The van der Waals surface area contributed by atoms with Crippen LogP contribution in [0.5, 0.6) is 11.5 Å². The number of nitrogens with one attached hydrogen (secondary N) is 4. The van der Waals surface area contributed by atoms with E-state index in [9.17, 15) is 14.7 Å². The summed E-state index contributed by atoms with van der Waals surface area (Å²) < 4.78 is 5.88. The maximum atomic E-state index is 12.9. The predicted octanol–water partition coefficient (Wildman–Crippen LogP) is 9.15. The van der Waals surface area contributed by atoms with E-state index in [0.717, 1.165) is 27.8 Å². The number of rotatable bonds is 11. The first kappa shape index (κ1) is 35.9. The Morgan fingerprint density at radius 3 is 1.68 bits per heavy atom. The summed E-state index contributed by atoms with van der Waals surface area (Å²) >= 11 is 0. The number of hydrogen-bond donors (Lipinski definition) is 5. The van der Waals surface area contributed by atoms with E-state index in [1.807, 2.05) is 78.9 Å². The molecule has 9 rings (SSSR count). The molecule has 0 radical (unpaired) electrons. The number of H-pyrrole nitrogens is 2. The van der Waals surface area contributed by atoms with Crippen molar-refractivity contribution < 1.29 is 19.4 Å². The van der Waals surface area contributed by atoms with Crippen LogP contribution in [0.1, 0.15) is 37.4 Å². The first-order chi connectivity index (χ1) is 28.0. The molecule has 3 aromatic carbocycles. The number of hydrogen-bond acceptors (Lipinski definition) is 10. The number of phenols is 1. The molecule has 0 saturated heterocycles. The molecule has 0 fully saturated rings. The molecular formula is C45H34N8O4. The minimum Gasteiger partial charge on any atom is -0.508 e. The monoisotopic (exact) mass is 750 g/mol. The number of anilines is 4. The molecule has 278 valence electrons. The summed E-state index contributed by atoms with van der Waals surface area (Å²) in [6.07, 6.45) is 9.83. The third kappa shape index (κ3) is 8.50. The zero-order valence-corrected chi connectivity index (χ0v) is 30.3. The number of benzene rings is 3. The number of ether oxygens (including phenoxy) is 1. The lowest BCUT2D eigenvalue weighted by Gasteiger charge is -2.10. The molecular weight excluding hydrogens is 717 g/mol. The van der Waals surface area contributed by atoms with Gasteiger partial charge in [0.05, 0.1) is 0 Å². The number of aromatic hydroxyl groups is 1. The van der Waals surface area contributed by atoms with Gasteiger partial charge in [-0.2, -0.15) is 0 Å². The Balaban J connectivity index is 0.000000165. The number of carbonyl (C=O) groups is 2. The highest BCUT2D eigenvalue weighted by atomic mass is 16.5. The Bertz CT molecular complexity index is 2800. The molecule has 0 spiro atoms. The van der Waals surface area contributed by atoms with Gasteiger partial charge in [0, 0.05) is 93.7 Å². The van der Waals surface area contributed by atoms with E-state index in [2.05, 4.69) is 40.5 Å². The van der Waals surface area contributed by atoms with Crippen LogP contribution in [0.25, 0.3) is 22.1 Å². The molecule has 0 aliphatic carbocycles. The molecule has 6 heterocycles. The van der Waals surface area contributed by atoms with Crippen LogP contribution in [-0.4, -0.2) is 46.6 Å². The lowest BCUT2D eigenvalue weighted by atomic mass is 10.1. The van der Waals surface area contributed by atoms with Gasteiger partial charge in [-0.05, 0) is 78.4 Å². The third-order valence-corrected chi connectivity index (χ3v) is 8.92. The fourth-order valence-corrected chi connectivity index (χ4v) is 6.09. The van der Waals surface area contributed by atoms with Gasteiger partial charge in [-0.25, -0.2) is 19.9 Å². The molecule has 5 N–H and O–H groups in total. The van der Waals surface area contributed by atoms with Gasteiger partial charge in [0.25, 0.3) is 0 Å². The molecule has 12 nitrogen and oxygen atoms in total. The van der Waals surface area contributed by atoms with E-state index < -0.39 is 0 Å². The van der Waals surface area contributed by atoms with Gasteiger partial charge in [0.2, 0.25) is 0 Å². The Morgan fingerprint density at radius 2 is 1.14 bits per heavy atom. The summed E-state index contributed by atoms with van der Waals surface area (Å²) in [6, 6.07) is 38.8. The number of nitrogens with zero attached hydrogens (tertiary/aromatic N) is 4. The molecule has 0 aliphatic rings. The summed E-state index contributed by atoms with van der Waals surface area (Å²) in [5, 5.41) is 17.4. The molecule has 0 atom stereocenters. The summed E-state index contributed by atoms with van der Waals surface area (Å²) in [7, 11) is 0. The number of carbonyl (C=O) groups excluding carboxylic acids is 2. The van der Waals surface area contributed by atoms with Crippen molar-refractivity contribution in [3.05, 3.63) is 192 Å².